The Morgan fingerprint density at radius 2 is 2.10 bits per heavy atom. The van der Waals surface area contributed by atoms with Crippen LogP contribution in [0.1, 0.15) is 25.3 Å². The molecule has 0 saturated carbocycles. The van der Waals surface area contributed by atoms with E-state index in [0.29, 0.717) is 13.1 Å². The van der Waals surface area contributed by atoms with Crippen LogP contribution in [0.25, 0.3) is 33.5 Å². The number of hydrogen-bond donors (Lipinski definition) is 2. The summed E-state index contributed by atoms with van der Waals surface area (Å²) < 4.78 is 39.8. The summed E-state index contributed by atoms with van der Waals surface area (Å²) in [5.41, 5.74) is 3.25. The number of alkyl halides is 3. The molecule has 0 unspecified atom stereocenters. The Hall–Kier alpha value is -3.07. The second-order valence-corrected chi connectivity index (χ2v) is 8.05. The number of H-pyrrole nitrogens is 1. The summed E-state index contributed by atoms with van der Waals surface area (Å²) in [6.45, 7) is 1.82. The van der Waals surface area contributed by atoms with E-state index in [1.54, 1.807) is 24.4 Å². The van der Waals surface area contributed by atoms with Gasteiger partial charge in [0, 0.05) is 42.7 Å². The molecule has 1 aliphatic rings. The summed E-state index contributed by atoms with van der Waals surface area (Å²) in [5, 5.41) is 10.9. The van der Waals surface area contributed by atoms with Crippen molar-refractivity contribution in [2.75, 3.05) is 19.6 Å². The first kappa shape index (κ1) is 19.9. The van der Waals surface area contributed by atoms with Crippen LogP contribution >= 0.6 is 0 Å². The predicted octanol–water partition coefficient (Wildman–Crippen LogP) is 4.87. The molecule has 162 valence electrons. The van der Waals surface area contributed by atoms with Gasteiger partial charge in [-0.25, -0.2) is 9.97 Å². The number of imidazole rings is 1. The molecule has 31 heavy (non-hydrogen) atoms. The topological polar surface area (TPSA) is 70.0 Å². The van der Waals surface area contributed by atoms with Crippen molar-refractivity contribution in [2.24, 2.45) is 0 Å². The highest BCUT2D eigenvalue weighted by molar-refractivity contribution is 6.02. The fraction of sp³-hybridized carbons (Fsp3) is 0.364. The summed E-state index contributed by atoms with van der Waals surface area (Å²) in [5.74, 6) is 0.879. The lowest BCUT2D eigenvalue weighted by Gasteiger charge is -2.19. The molecule has 1 aliphatic heterocycles. The molecule has 0 aliphatic carbocycles. The Balaban J connectivity index is 1.54. The molecule has 4 aromatic rings. The van der Waals surface area contributed by atoms with Crippen molar-refractivity contribution in [1.29, 1.82) is 0 Å². The highest BCUT2D eigenvalue weighted by Gasteiger charge is 2.31. The molecule has 4 heterocycles. The number of hydrogen-bond acceptors (Lipinski definition) is 4. The highest BCUT2D eigenvalue weighted by atomic mass is 19.4. The molecule has 5 rings (SSSR count). The average Bonchev–Trinajstić information content (AvgIpc) is 3.43. The van der Waals surface area contributed by atoms with Crippen molar-refractivity contribution in [3.63, 3.8) is 0 Å². The molecular formula is C22H22F3N5O. The van der Waals surface area contributed by atoms with Crippen LogP contribution in [0, 0.1) is 0 Å². The van der Waals surface area contributed by atoms with E-state index >= 15 is 0 Å². The Kier molecular flexibility index (Phi) is 4.85. The first-order chi connectivity index (χ1) is 14.9. The predicted molar refractivity (Wildman–Crippen MR) is 112 cm³/mol. The summed E-state index contributed by atoms with van der Waals surface area (Å²) in [6.07, 6.45) is -0.390. The van der Waals surface area contributed by atoms with E-state index in [1.807, 2.05) is 18.3 Å². The normalized spacial score (nSPS) is 17.8. The zero-order chi connectivity index (χ0) is 21.6. The molecule has 1 fully saturated rings. The largest absolute Gasteiger partial charge is 0.508 e. The van der Waals surface area contributed by atoms with E-state index in [2.05, 4.69) is 19.4 Å². The van der Waals surface area contributed by atoms with Gasteiger partial charge in [0.1, 0.15) is 22.7 Å². The van der Waals surface area contributed by atoms with Crippen LogP contribution < -0.4 is 0 Å². The number of nitrogens with zero attached hydrogens (tertiary/aromatic N) is 4. The standard InChI is InChI=1S/C22H22F3N5O/c23-22(24,25)7-2-9-29-10-6-15(13-29)30-19-17-5-8-26-20(17)27-12-18(19)28-21(30)14-3-1-4-16(31)11-14/h1,3-5,8,11-12,15,31H,2,6-7,9-10,13H2,(H,26,27)/t15-/m0/s1. The highest BCUT2D eigenvalue weighted by Crippen LogP contribution is 2.36. The van der Waals surface area contributed by atoms with Gasteiger partial charge < -0.3 is 19.6 Å². The molecule has 9 heteroatoms. The maximum atomic E-state index is 12.5. The first-order valence-electron chi connectivity index (χ1n) is 10.3. The minimum atomic E-state index is -4.12. The van der Waals surface area contributed by atoms with Gasteiger partial charge >= 0.3 is 6.18 Å². The van der Waals surface area contributed by atoms with Crippen molar-refractivity contribution >= 4 is 22.1 Å². The molecule has 2 N–H and O–H groups in total. The number of halogens is 3. The van der Waals surface area contributed by atoms with Gasteiger partial charge in [0.05, 0.1) is 11.7 Å². The van der Waals surface area contributed by atoms with Crippen molar-refractivity contribution in [3.8, 4) is 17.1 Å². The van der Waals surface area contributed by atoms with Crippen molar-refractivity contribution < 1.29 is 18.3 Å². The van der Waals surface area contributed by atoms with Gasteiger partial charge in [-0.15, -0.1) is 0 Å². The van der Waals surface area contributed by atoms with E-state index < -0.39 is 12.6 Å². The summed E-state index contributed by atoms with van der Waals surface area (Å²) >= 11 is 0. The third kappa shape index (κ3) is 3.85. The van der Waals surface area contributed by atoms with E-state index in [-0.39, 0.29) is 18.2 Å². The number of phenolic OH excluding ortho intramolecular Hbond substituents is 1. The maximum absolute atomic E-state index is 12.5. The molecule has 1 aromatic carbocycles. The quantitative estimate of drug-likeness (QED) is 0.475. The minimum Gasteiger partial charge on any atom is -0.508 e. The van der Waals surface area contributed by atoms with Gasteiger partial charge in [0.25, 0.3) is 0 Å². The summed E-state index contributed by atoms with van der Waals surface area (Å²) in [6, 6.07) is 8.99. The van der Waals surface area contributed by atoms with E-state index in [9.17, 15) is 18.3 Å². The summed E-state index contributed by atoms with van der Waals surface area (Å²) in [4.78, 5) is 14.5. The number of aromatic hydroxyl groups is 1. The van der Waals surface area contributed by atoms with Crippen LogP contribution in [-0.4, -0.2) is 55.3 Å². The van der Waals surface area contributed by atoms with E-state index in [4.69, 9.17) is 4.98 Å². The molecular weight excluding hydrogens is 407 g/mol. The third-order valence-corrected chi connectivity index (χ3v) is 5.89. The van der Waals surface area contributed by atoms with Crippen LogP contribution in [0.4, 0.5) is 13.2 Å². The minimum absolute atomic E-state index is 0.0636. The molecule has 1 saturated heterocycles. The molecule has 0 radical (unpaired) electrons. The average molecular weight is 429 g/mol. The molecule has 0 amide bonds. The molecule has 0 bridgehead atoms. The number of benzene rings is 1. The second kappa shape index (κ2) is 7.56. The van der Waals surface area contributed by atoms with Gasteiger partial charge in [-0.2, -0.15) is 13.2 Å². The molecule has 3 aromatic heterocycles. The van der Waals surface area contributed by atoms with E-state index in [1.165, 1.54) is 0 Å². The van der Waals surface area contributed by atoms with Gasteiger partial charge in [0.2, 0.25) is 0 Å². The SMILES string of the molecule is Oc1cccc(-c2nc3cnc4[nH]ccc4c3n2[C@H]2CCN(CCCC(F)(F)F)C2)c1. The van der Waals surface area contributed by atoms with Gasteiger partial charge in [0.15, 0.2) is 0 Å². The number of nitrogens with one attached hydrogen (secondary N) is 1. The fourth-order valence-corrected chi connectivity index (χ4v) is 4.53. The zero-order valence-corrected chi connectivity index (χ0v) is 16.7. The lowest BCUT2D eigenvalue weighted by atomic mass is 10.1. The molecule has 6 nitrogen and oxygen atoms in total. The maximum Gasteiger partial charge on any atom is 0.389 e. The number of rotatable bonds is 5. The van der Waals surface area contributed by atoms with Crippen LogP contribution in [0.2, 0.25) is 0 Å². The number of phenols is 1. The van der Waals surface area contributed by atoms with Crippen LogP contribution in [0.15, 0.2) is 42.7 Å². The van der Waals surface area contributed by atoms with E-state index in [0.717, 1.165) is 46.4 Å². The monoisotopic (exact) mass is 429 g/mol. The third-order valence-electron chi connectivity index (χ3n) is 5.89. The van der Waals surface area contributed by atoms with Crippen molar-refractivity contribution in [2.45, 2.75) is 31.5 Å². The fourth-order valence-electron chi connectivity index (χ4n) is 4.53. The van der Waals surface area contributed by atoms with Crippen LogP contribution in [0.3, 0.4) is 0 Å². The van der Waals surface area contributed by atoms with Crippen LogP contribution in [-0.2, 0) is 0 Å². The van der Waals surface area contributed by atoms with Gasteiger partial charge in [-0.05, 0) is 37.6 Å². The molecule has 1 atom stereocenters. The lowest BCUT2D eigenvalue weighted by molar-refractivity contribution is -0.136. The Labute approximate surface area is 176 Å². The Morgan fingerprint density at radius 1 is 1.23 bits per heavy atom. The van der Waals surface area contributed by atoms with Crippen molar-refractivity contribution in [3.05, 3.63) is 42.7 Å². The Bertz CT molecular complexity index is 1230. The number of aromatic nitrogens is 4. The molecule has 0 spiro atoms. The zero-order valence-electron chi connectivity index (χ0n) is 16.7. The smallest absolute Gasteiger partial charge is 0.389 e. The Morgan fingerprint density at radius 3 is 2.90 bits per heavy atom. The van der Waals surface area contributed by atoms with Gasteiger partial charge in [-0.3, -0.25) is 0 Å². The second-order valence-electron chi connectivity index (χ2n) is 8.05. The van der Waals surface area contributed by atoms with Gasteiger partial charge in [-0.1, -0.05) is 12.1 Å². The number of pyridine rings is 1. The lowest BCUT2D eigenvalue weighted by Crippen LogP contribution is -2.24. The van der Waals surface area contributed by atoms with Crippen LogP contribution in [0.5, 0.6) is 5.75 Å². The first-order valence-corrected chi connectivity index (χ1v) is 10.3. The number of fused-ring (bicyclic) bond motifs is 3. The number of aromatic amines is 1. The summed E-state index contributed by atoms with van der Waals surface area (Å²) in [7, 11) is 0. The number of likely N-dealkylation sites (tertiary alicyclic amines) is 1. The van der Waals surface area contributed by atoms with Crippen molar-refractivity contribution in [1.82, 2.24) is 24.4 Å².